The van der Waals surface area contributed by atoms with Crippen LogP contribution in [0.1, 0.15) is 20.8 Å². The first-order valence-electron chi connectivity index (χ1n) is 4.40. The molecule has 2 atom stereocenters. The number of hydrogen-bond acceptors (Lipinski definition) is 3. The van der Waals surface area contributed by atoms with Gasteiger partial charge in [-0.25, -0.2) is 0 Å². The predicted molar refractivity (Wildman–Crippen MR) is 48.1 cm³/mol. The summed E-state index contributed by atoms with van der Waals surface area (Å²) in [5.74, 6) is -0.394. The Hall–Kier alpha value is -0.120. The summed E-state index contributed by atoms with van der Waals surface area (Å²) in [5, 5.41) is 0. The molecule has 1 unspecified atom stereocenters. The van der Waals surface area contributed by atoms with Gasteiger partial charge in [0.1, 0.15) is 0 Å². The summed E-state index contributed by atoms with van der Waals surface area (Å²) in [4.78, 5) is 2.15. The van der Waals surface area contributed by atoms with Crippen LogP contribution in [-0.4, -0.2) is 43.5 Å². The van der Waals surface area contributed by atoms with Gasteiger partial charge in [-0.05, 0) is 34.9 Å². The number of nitrogens with zero attached hydrogens (tertiary/aromatic N) is 1. The lowest BCUT2D eigenvalue weighted by Crippen LogP contribution is -2.38. The van der Waals surface area contributed by atoms with Gasteiger partial charge in [0, 0.05) is 6.04 Å². The molecule has 0 aromatic rings. The van der Waals surface area contributed by atoms with Crippen LogP contribution in [0.5, 0.6) is 0 Å². The molecule has 72 valence electrons. The molecule has 0 amide bonds. The number of rotatable bonds is 2. The fourth-order valence-electron chi connectivity index (χ4n) is 1.29. The molecule has 0 saturated carbocycles. The molecule has 12 heavy (non-hydrogen) atoms. The molecule has 0 aliphatic carbocycles. The monoisotopic (exact) mass is 173 g/mol. The fraction of sp³-hybridized carbons (Fsp3) is 1.00. The van der Waals surface area contributed by atoms with E-state index in [1.54, 1.807) is 0 Å². The maximum Gasteiger partial charge on any atom is 0.163 e. The minimum atomic E-state index is -0.394. The van der Waals surface area contributed by atoms with Gasteiger partial charge >= 0.3 is 0 Å². The Morgan fingerprint density at radius 3 is 2.33 bits per heavy atom. The van der Waals surface area contributed by atoms with Crippen molar-refractivity contribution in [2.45, 2.75) is 38.7 Å². The van der Waals surface area contributed by atoms with Crippen LogP contribution in [0, 0.1) is 0 Å². The Kier molecular flexibility index (Phi) is 2.76. The second-order valence-corrected chi connectivity index (χ2v) is 4.07. The molecule has 1 fully saturated rings. The van der Waals surface area contributed by atoms with Crippen molar-refractivity contribution < 1.29 is 9.47 Å². The highest BCUT2D eigenvalue weighted by molar-refractivity contribution is 4.79. The lowest BCUT2D eigenvalue weighted by molar-refractivity contribution is -0.144. The van der Waals surface area contributed by atoms with E-state index in [0.717, 1.165) is 0 Å². The van der Waals surface area contributed by atoms with Crippen molar-refractivity contribution in [3.05, 3.63) is 0 Å². The molecule has 1 rings (SSSR count). The third kappa shape index (κ3) is 2.19. The fourth-order valence-corrected chi connectivity index (χ4v) is 1.29. The molecule has 0 aromatic carbocycles. The van der Waals surface area contributed by atoms with Gasteiger partial charge in [0.15, 0.2) is 5.79 Å². The van der Waals surface area contributed by atoms with Gasteiger partial charge in [-0.15, -0.1) is 0 Å². The van der Waals surface area contributed by atoms with Crippen molar-refractivity contribution in [1.29, 1.82) is 0 Å². The molecule has 0 N–H and O–H groups in total. The first-order valence-corrected chi connectivity index (χ1v) is 4.40. The molecule has 0 radical (unpaired) electrons. The van der Waals surface area contributed by atoms with Crippen LogP contribution in [0.2, 0.25) is 0 Å². The van der Waals surface area contributed by atoms with Crippen molar-refractivity contribution in [2.75, 3.05) is 20.7 Å². The van der Waals surface area contributed by atoms with Gasteiger partial charge in [0.25, 0.3) is 0 Å². The quantitative estimate of drug-likeness (QED) is 0.624. The largest absolute Gasteiger partial charge is 0.348 e. The summed E-state index contributed by atoms with van der Waals surface area (Å²) in [5.41, 5.74) is 0. The van der Waals surface area contributed by atoms with E-state index in [-0.39, 0.29) is 6.10 Å². The highest BCUT2D eigenvalue weighted by atomic mass is 16.7. The minimum Gasteiger partial charge on any atom is -0.348 e. The Morgan fingerprint density at radius 2 is 2.00 bits per heavy atom. The van der Waals surface area contributed by atoms with E-state index in [1.807, 2.05) is 13.8 Å². The molecular formula is C9H19NO2. The predicted octanol–water partition coefficient (Wildman–Crippen LogP) is 1.09. The summed E-state index contributed by atoms with van der Waals surface area (Å²) in [6, 6.07) is 0.409. The first kappa shape index (κ1) is 9.96. The van der Waals surface area contributed by atoms with Crippen LogP contribution >= 0.6 is 0 Å². The second kappa shape index (κ2) is 3.32. The normalized spacial score (nSPS) is 31.0. The van der Waals surface area contributed by atoms with E-state index in [2.05, 4.69) is 25.9 Å². The highest BCUT2D eigenvalue weighted by Gasteiger charge is 2.36. The lowest BCUT2D eigenvalue weighted by Gasteiger charge is -2.26. The van der Waals surface area contributed by atoms with E-state index in [4.69, 9.17) is 9.47 Å². The zero-order valence-corrected chi connectivity index (χ0v) is 8.63. The van der Waals surface area contributed by atoms with E-state index < -0.39 is 5.79 Å². The molecular weight excluding hydrogens is 154 g/mol. The van der Waals surface area contributed by atoms with Crippen molar-refractivity contribution >= 4 is 0 Å². The third-order valence-electron chi connectivity index (χ3n) is 2.38. The number of hydrogen-bond donors (Lipinski definition) is 0. The topological polar surface area (TPSA) is 21.7 Å². The summed E-state index contributed by atoms with van der Waals surface area (Å²) in [6.45, 7) is 6.76. The zero-order valence-electron chi connectivity index (χ0n) is 8.63. The lowest BCUT2D eigenvalue weighted by atomic mass is 10.2. The third-order valence-corrected chi connectivity index (χ3v) is 2.38. The van der Waals surface area contributed by atoms with E-state index >= 15 is 0 Å². The van der Waals surface area contributed by atoms with Gasteiger partial charge in [-0.3, -0.25) is 0 Å². The van der Waals surface area contributed by atoms with Gasteiger partial charge in [-0.1, -0.05) is 0 Å². The maximum absolute atomic E-state index is 5.71. The van der Waals surface area contributed by atoms with E-state index in [1.165, 1.54) is 0 Å². The molecule has 0 bridgehead atoms. The molecule has 1 heterocycles. The van der Waals surface area contributed by atoms with Gasteiger partial charge in [-0.2, -0.15) is 0 Å². The standard InChI is InChI=1S/C9H19NO2/c1-7(10(4)5)8-6-11-9(2,3)12-8/h7-8H,6H2,1-5H3/t7?,8-/m1/s1. The molecule has 3 nitrogen and oxygen atoms in total. The Bertz CT molecular complexity index is 157. The van der Waals surface area contributed by atoms with Gasteiger partial charge < -0.3 is 14.4 Å². The maximum atomic E-state index is 5.71. The average Bonchev–Trinajstić information content (AvgIpc) is 2.28. The molecule has 3 heteroatoms. The summed E-state index contributed by atoms with van der Waals surface area (Å²) in [7, 11) is 4.11. The number of likely N-dealkylation sites (N-methyl/N-ethyl adjacent to an activating group) is 1. The van der Waals surface area contributed by atoms with Crippen molar-refractivity contribution in [3.63, 3.8) is 0 Å². The SMILES string of the molecule is CC([C@H]1COC(C)(C)O1)N(C)C. The molecule has 1 aliphatic rings. The zero-order chi connectivity index (χ0) is 9.35. The van der Waals surface area contributed by atoms with Crippen LogP contribution < -0.4 is 0 Å². The smallest absolute Gasteiger partial charge is 0.163 e. The summed E-state index contributed by atoms with van der Waals surface area (Å²) >= 11 is 0. The Balaban J connectivity index is 2.47. The highest BCUT2D eigenvalue weighted by Crippen LogP contribution is 2.25. The minimum absolute atomic E-state index is 0.204. The first-order chi connectivity index (χ1) is 5.42. The molecule has 1 aliphatic heterocycles. The van der Waals surface area contributed by atoms with Crippen molar-refractivity contribution in [3.8, 4) is 0 Å². The van der Waals surface area contributed by atoms with Crippen LogP contribution in [0.3, 0.4) is 0 Å². The average molecular weight is 173 g/mol. The van der Waals surface area contributed by atoms with Crippen molar-refractivity contribution in [2.24, 2.45) is 0 Å². The van der Waals surface area contributed by atoms with Crippen molar-refractivity contribution in [1.82, 2.24) is 4.90 Å². The number of ether oxygens (including phenoxy) is 2. The summed E-state index contributed by atoms with van der Waals surface area (Å²) in [6.07, 6.45) is 0.204. The second-order valence-electron chi connectivity index (χ2n) is 4.07. The molecule has 0 spiro atoms. The van der Waals surface area contributed by atoms with Crippen LogP contribution in [0.4, 0.5) is 0 Å². The van der Waals surface area contributed by atoms with E-state index in [0.29, 0.717) is 12.6 Å². The summed E-state index contributed by atoms with van der Waals surface area (Å²) < 4.78 is 11.2. The van der Waals surface area contributed by atoms with E-state index in [9.17, 15) is 0 Å². The Labute approximate surface area is 74.6 Å². The van der Waals surface area contributed by atoms with Gasteiger partial charge in [0.05, 0.1) is 12.7 Å². The molecule has 0 aromatic heterocycles. The Morgan fingerprint density at radius 1 is 1.42 bits per heavy atom. The van der Waals surface area contributed by atoms with Crippen LogP contribution in [-0.2, 0) is 9.47 Å². The van der Waals surface area contributed by atoms with Gasteiger partial charge in [0.2, 0.25) is 0 Å². The van der Waals surface area contributed by atoms with Crippen LogP contribution in [0.15, 0.2) is 0 Å². The van der Waals surface area contributed by atoms with Crippen LogP contribution in [0.25, 0.3) is 0 Å². The molecule has 1 saturated heterocycles.